The maximum Gasteiger partial charge on any atom is 0.398 e. The molecule has 0 amide bonds. The molecule has 136 valence electrons. The van der Waals surface area contributed by atoms with Crippen LogP contribution in [0.1, 0.15) is 11.1 Å². The third-order valence-corrected chi connectivity index (χ3v) is 4.70. The Labute approximate surface area is 155 Å². The normalized spacial score (nSPS) is 22.5. The molecule has 0 N–H and O–H groups in total. The van der Waals surface area contributed by atoms with Crippen molar-refractivity contribution in [2.75, 3.05) is 0 Å². The molecule has 2 unspecified atom stereocenters. The Kier molecular flexibility index (Phi) is 5.49. The van der Waals surface area contributed by atoms with Crippen LogP contribution >= 0.6 is 11.6 Å². The summed E-state index contributed by atoms with van der Waals surface area (Å²) in [7, 11) is 0. The molecule has 0 saturated heterocycles. The molecule has 2 nitrogen and oxygen atoms in total. The van der Waals surface area contributed by atoms with Crippen molar-refractivity contribution in [2.24, 2.45) is 5.92 Å². The minimum Gasteiger partial charge on any atom is -0.365 e. The van der Waals surface area contributed by atoms with Gasteiger partial charge < -0.3 is 4.74 Å². The van der Waals surface area contributed by atoms with E-state index in [1.807, 2.05) is 30.3 Å². The van der Waals surface area contributed by atoms with Crippen LogP contribution in [-0.2, 0) is 17.8 Å². The summed E-state index contributed by atoms with van der Waals surface area (Å²) in [6.45, 7) is 0.0590. The fourth-order valence-corrected chi connectivity index (χ4v) is 3.21. The number of allylic oxidation sites excluding steroid dienone is 2. The first-order chi connectivity index (χ1) is 12.4. The first-order valence-corrected chi connectivity index (χ1v) is 8.47. The number of nitrogens with zero attached hydrogens (tertiary/aromatic N) is 1. The summed E-state index contributed by atoms with van der Waals surface area (Å²) in [6, 6.07) is 10.7. The topological polar surface area (TPSA) is 22.1 Å². The van der Waals surface area contributed by atoms with E-state index >= 15 is 0 Å². The SMILES string of the molecule is FC(F)(F)C1C=CC=CC1(Cc1cnccc1Cl)OCc1ccccc1. The molecule has 1 aromatic heterocycles. The quantitative estimate of drug-likeness (QED) is 0.680. The van der Waals surface area contributed by atoms with E-state index in [2.05, 4.69) is 4.98 Å². The molecule has 1 aliphatic carbocycles. The van der Waals surface area contributed by atoms with Gasteiger partial charge in [-0.15, -0.1) is 0 Å². The van der Waals surface area contributed by atoms with E-state index in [0.29, 0.717) is 10.6 Å². The third-order valence-electron chi connectivity index (χ3n) is 4.33. The second-order valence-electron chi connectivity index (χ2n) is 6.14. The Morgan fingerprint density at radius 3 is 2.58 bits per heavy atom. The maximum atomic E-state index is 13.8. The van der Waals surface area contributed by atoms with E-state index in [1.165, 1.54) is 24.5 Å². The highest BCUT2D eigenvalue weighted by Crippen LogP contribution is 2.43. The van der Waals surface area contributed by atoms with Gasteiger partial charge in [-0.05, 0) is 17.2 Å². The average Bonchev–Trinajstić information content (AvgIpc) is 2.62. The molecule has 0 saturated carbocycles. The van der Waals surface area contributed by atoms with Crippen LogP contribution in [0.15, 0.2) is 73.1 Å². The van der Waals surface area contributed by atoms with Crippen molar-refractivity contribution < 1.29 is 17.9 Å². The van der Waals surface area contributed by atoms with Gasteiger partial charge in [-0.3, -0.25) is 4.98 Å². The summed E-state index contributed by atoms with van der Waals surface area (Å²) in [4.78, 5) is 3.98. The van der Waals surface area contributed by atoms with E-state index in [-0.39, 0.29) is 13.0 Å². The Hall–Kier alpha value is -2.11. The summed E-state index contributed by atoms with van der Waals surface area (Å²) < 4.78 is 47.2. The summed E-state index contributed by atoms with van der Waals surface area (Å²) >= 11 is 6.17. The van der Waals surface area contributed by atoms with Crippen LogP contribution < -0.4 is 0 Å². The number of halogens is 4. The maximum absolute atomic E-state index is 13.8. The fourth-order valence-electron chi connectivity index (χ4n) is 3.03. The zero-order valence-corrected chi connectivity index (χ0v) is 14.5. The highest BCUT2D eigenvalue weighted by Gasteiger charge is 2.52. The highest BCUT2D eigenvalue weighted by molar-refractivity contribution is 6.31. The van der Waals surface area contributed by atoms with Crippen LogP contribution in [0.4, 0.5) is 13.2 Å². The van der Waals surface area contributed by atoms with Crippen molar-refractivity contribution >= 4 is 11.6 Å². The molecular formula is C20H17ClF3NO. The average molecular weight is 380 g/mol. The summed E-state index contributed by atoms with van der Waals surface area (Å²) in [5.74, 6) is -1.78. The monoisotopic (exact) mass is 379 g/mol. The van der Waals surface area contributed by atoms with Crippen molar-refractivity contribution in [3.05, 3.63) is 89.2 Å². The van der Waals surface area contributed by atoms with E-state index < -0.39 is 17.7 Å². The van der Waals surface area contributed by atoms with Crippen LogP contribution in [0.2, 0.25) is 5.02 Å². The Balaban J connectivity index is 1.96. The van der Waals surface area contributed by atoms with Gasteiger partial charge in [-0.1, -0.05) is 66.2 Å². The summed E-state index contributed by atoms with van der Waals surface area (Å²) in [5, 5.41) is 0.367. The molecule has 3 rings (SSSR count). The number of hydrogen-bond donors (Lipinski definition) is 0. The Morgan fingerprint density at radius 1 is 1.12 bits per heavy atom. The van der Waals surface area contributed by atoms with Gasteiger partial charge in [0.1, 0.15) is 11.5 Å². The van der Waals surface area contributed by atoms with Gasteiger partial charge in [-0.2, -0.15) is 13.2 Å². The molecule has 0 aliphatic heterocycles. The van der Waals surface area contributed by atoms with Crippen LogP contribution in [0, 0.1) is 5.92 Å². The smallest absolute Gasteiger partial charge is 0.365 e. The van der Waals surface area contributed by atoms with Crippen molar-refractivity contribution in [1.82, 2.24) is 4.98 Å². The second kappa shape index (κ2) is 7.64. The number of alkyl halides is 3. The van der Waals surface area contributed by atoms with E-state index in [9.17, 15) is 13.2 Å². The van der Waals surface area contributed by atoms with E-state index in [1.54, 1.807) is 12.1 Å². The predicted octanol–water partition coefficient (Wildman–Crippen LogP) is 5.54. The first kappa shape index (κ1) is 18.7. The number of aromatic nitrogens is 1. The van der Waals surface area contributed by atoms with Crippen LogP contribution in [-0.4, -0.2) is 16.8 Å². The lowest BCUT2D eigenvalue weighted by Crippen LogP contribution is -2.48. The number of ether oxygens (including phenoxy) is 1. The van der Waals surface area contributed by atoms with Gasteiger partial charge in [0.15, 0.2) is 0 Å². The lowest BCUT2D eigenvalue weighted by molar-refractivity contribution is -0.213. The van der Waals surface area contributed by atoms with Gasteiger partial charge in [0.25, 0.3) is 0 Å². The number of benzene rings is 1. The van der Waals surface area contributed by atoms with Crippen molar-refractivity contribution in [1.29, 1.82) is 0 Å². The molecule has 1 heterocycles. The zero-order chi connectivity index (χ0) is 18.6. The van der Waals surface area contributed by atoms with Gasteiger partial charge in [0, 0.05) is 23.8 Å². The fraction of sp³-hybridized carbons (Fsp3) is 0.250. The van der Waals surface area contributed by atoms with Crippen molar-refractivity contribution in [3.63, 3.8) is 0 Å². The van der Waals surface area contributed by atoms with Gasteiger partial charge in [0.05, 0.1) is 6.61 Å². The van der Waals surface area contributed by atoms with Gasteiger partial charge in [0.2, 0.25) is 0 Å². The number of rotatable bonds is 5. The second-order valence-corrected chi connectivity index (χ2v) is 6.54. The highest BCUT2D eigenvalue weighted by atomic mass is 35.5. The van der Waals surface area contributed by atoms with E-state index in [4.69, 9.17) is 16.3 Å². The molecule has 0 bridgehead atoms. The molecule has 0 fully saturated rings. The van der Waals surface area contributed by atoms with Crippen LogP contribution in [0.5, 0.6) is 0 Å². The molecule has 1 aliphatic rings. The minimum absolute atomic E-state index is 0.0302. The molecule has 0 radical (unpaired) electrons. The van der Waals surface area contributed by atoms with Crippen molar-refractivity contribution in [3.8, 4) is 0 Å². The van der Waals surface area contributed by atoms with Gasteiger partial charge >= 0.3 is 6.18 Å². The molecule has 1 aromatic carbocycles. The van der Waals surface area contributed by atoms with E-state index in [0.717, 1.165) is 11.6 Å². The predicted molar refractivity (Wildman–Crippen MR) is 94.7 cm³/mol. The number of hydrogen-bond acceptors (Lipinski definition) is 2. The molecule has 6 heteroatoms. The molecule has 26 heavy (non-hydrogen) atoms. The zero-order valence-electron chi connectivity index (χ0n) is 13.8. The largest absolute Gasteiger partial charge is 0.398 e. The minimum atomic E-state index is -4.45. The molecular weight excluding hydrogens is 363 g/mol. The Morgan fingerprint density at radius 2 is 1.88 bits per heavy atom. The number of pyridine rings is 1. The third kappa shape index (κ3) is 4.17. The standard InChI is InChI=1S/C20H17ClF3NO/c21-17-9-11-25-13-16(17)12-19(26-14-15-6-2-1-3-7-15)10-5-4-8-18(19)20(22,23)24/h1-11,13,18H,12,14H2. The van der Waals surface area contributed by atoms with Crippen molar-refractivity contribution in [2.45, 2.75) is 24.8 Å². The molecule has 2 aromatic rings. The Bertz CT molecular complexity index is 804. The van der Waals surface area contributed by atoms with Gasteiger partial charge in [-0.25, -0.2) is 0 Å². The lowest BCUT2D eigenvalue weighted by atomic mass is 9.78. The summed E-state index contributed by atoms with van der Waals surface area (Å²) in [6.07, 6.45) is 4.08. The van der Waals surface area contributed by atoms with Crippen LogP contribution in [0.3, 0.4) is 0 Å². The first-order valence-electron chi connectivity index (χ1n) is 8.10. The lowest BCUT2D eigenvalue weighted by Gasteiger charge is -2.39. The summed E-state index contributed by atoms with van der Waals surface area (Å²) in [5.41, 5.74) is -0.278. The molecule has 0 spiro atoms. The molecule has 2 atom stereocenters. The van der Waals surface area contributed by atoms with Crippen LogP contribution in [0.25, 0.3) is 0 Å².